The molecule has 0 aliphatic rings. The Labute approximate surface area is 139 Å². The van der Waals surface area contributed by atoms with Gasteiger partial charge in [-0.2, -0.15) is 0 Å². The van der Waals surface area contributed by atoms with Gasteiger partial charge >= 0.3 is 0 Å². The number of rotatable bonds is 18. The molecule has 0 saturated carbocycles. The fourth-order valence-electron chi connectivity index (χ4n) is 2.70. The van der Waals surface area contributed by atoms with Crippen LogP contribution in [-0.2, 0) is 4.74 Å². The first kappa shape index (κ1) is 21.9. The molecule has 0 aliphatic carbocycles. The van der Waals surface area contributed by atoms with Crippen molar-refractivity contribution in [2.24, 2.45) is 11.5 Å². The third-order valence-electron chi connectivity index (χ3n) is 4.28. The van der Waals surface area contributed by atoms with Gasteiger partial charge in [0.1, 0.15) is 0 Å². The molecule has 1 atom stereocenters. The van der Waals surface area contributed by atoms with Crippen molar-refractivity contribution < 1.29 is 4.74 Å². The Balaban J connectivity index is 2.97. The van der Waals surface area contributed by atoms with Crippen molar-refractivity contribution in [3.05, 3.63) is 0 Å². The van der Waals surface area contributed by atoms with Crippen LogP contribution in [0.2, 0.25) is 0 Å². The molecule has 0 spiro atoms. The quantitative estimate of drug-likeness (QED) is 0.358. The molecule has 0 bridgehead atoms. The van der Waals surface area contributed by atoms with Crippen molar-refractivity contribution in [3.8, 4) is 0 Å². The van der Waals surface area contributed by atoms with E-state index in [0.29, 0.717) is 13.2 Å². The van der Waals surface area contributed by atoms with Gasteiger partial charge in [-0.25, -0.2) is 0 Å². The summed E-state index contributed by atoms with van der Waals surface area (Å²) in [6.45, 7) is 4.24. The molecule has 3 heteroatoms. The largest absolute Gasteiger partial charge is 0.380 e. The van der Waals surface area contributed by atoms with E-state index in [1.165, 1.54) is 83.5 Å². The lowest BCUT2D eigenvalue weighted by Crippen LogP contribution is -2.34. The van der Waals surface area contributed by atoms with E-state index in [2.05, 4.69) is 6.92 Å². The summed E-state index contributed by atoms with van der Waals surface area (Å²) in [6, 6.07) is 0.00615. The molecule has 0 aromatic carbocycles. The zero-order chi connectivity index (χ0) is 16.3. The lowest BCUT2D eigenvalue weighted by Gasteiger charge is -2.09. The van der Waals surface area contributed by atoms with E-state index in [1.54, 1.807) is 0 Å². The summed E-state index contributed by atoms with van der Waals surface area (Å²) < 4.78 is 5.49. The lowest BCUT2D eigenvalue weighted by atomic mass is 10.0. The second-order valence-electron chi connectivity index (χ2n) is 6.67. The highest BCUT2D eigenvalue weighted by atomic mass is 16.5. The fraction of sp³-hybridized carbons (Fsp3) is 1.00. The maximum Gasteiger partial charge on any atom is 0.0629 e. The zero-order valence-electron chi connectivity index (χ0n) is 15.2. The summed E-state index contributed by atoms with van der Waals surface area (Å²) >= 11 is 0. The summed E-state index contributed by atoms with van der Waals surface area (Å²) in [7, 11) is 0. The molecule has 134 valence electrons. The van der Waals surface area contributed by atoms with Crippen LogP contribution >= 0.6 is 0 Å². The van der Waals surface area contributed by atoms with Crippen molar-refractivity contribution in [1.29, 1.82) is 0 Å². The van der Waals surface area contributed by atoms with Gasteiger partial charge in [-0.05, 0) is 6.42 Å². The summed E-state index contributed by atoms with van der Waals surface area (Å²) in [5, 5.41) is 0. The Morgan fingerprint density at radius 1 is 0.682 bits per heavy atom. The van der Waals surface area contributed by atoms with Crippen molar-refractivity contribution in [2.75, 3.05) is 19.8 Å². The Bertz CT molecular complexity index is 200. The summed E-state index contributed by atoms with van der Waals surface area (Å²) in [6.07, 6.45) is 19.5. The number of hydrogen-bond acceptors (Lipinski definition) is 3. The van der Waals surface area contributed by atoms with E-state index in [1.807, 2.05) is 0 Å². The van der Waals surface area contributed by atoms with Crippen LogP contribution in [-0.4, -0.2) is 25.8 Å². The van der Waals surface area contributed by atoms with Crippen LogP contribution in [0, 0.1) is 0 Å². The molecule has 4 N–H and O–H groups in total. The van der Waals surface area contributed by atoms with E-state index >= 15 is 0 Å². The van der Waals surface area contributed by atoms with Crippen LogP contribution in [0.1, 0.15) is 96.8 Å². The van der Waals surface area contributed by atoms with Crippen molar-refractivity contribution in [1.82, 2.24) is 0 Å². The van der Waals surface area contributed by atoms with Gasteiger partial charge in [0.25, 0.3) is 0 Å². The van der Waals surface area contributed by atoms with Gasteiger partial charge in [0, 0.05) is 19.2 Å². The standard InChI is InChI=1S/C19H42N2O/c1-2-3-4-5-6-7-8-9-10-11-12-13-14-15-16-22-18-19(21)17-20/h19H,2-18,20-21H2,1H3. The molecule has 0 aromatic rings. The molecule has 1 unspecified atom stereocenters. The second kappa shape index (κ2) is 18.9. The van der Waals surface area contributed by atoms with E-state index < -0.39 is 0 Å². The molecular weight excluding hydrogens is 272 g/mol. The molecule has 0 fully saturated rings. The molecule has 0 heterocycles. The highest BCUT2D eigenvalue weighted by molar-refractivity contribution is 4.58. The van der Waals surface area contributed by atoms with Crippen LogP contribution in [0.5, 0.6) is 0 Å². The van der Waals surface area contributed by atoms with Gasteiger partial charge in [0.2, 0.25) is 0 Å². The number of ether oxygens (including phenoxy) is 1. The molecule has 0 aliphatic heterocycles. The Hall–Kier alpha value is -0.120. The van der Waals surface area contributed by atoms with E-state index in [0.717, 1.165) is 13.0 Å². The Kier molecular flexibility index (Phi) is 18.8. The monoisotopic (exact) mass is 314 g/mol. The lowest BCUT2D eigenvalue weighted by molar-refractivity contribution is 0.118. The first-order valence-electron chi connectivity index (χ1n) is 9.84. The van der Waals surface area contributed by atoms with Crippen molar-refractivity contribution in [2.45, 2.75) is 103 Å². The Morgan fingerprint density at radius 2 is 1.09 bits per heavy atom. The molecular formula is C19H42N2O. The maximum absolute atomic E-state index is 5.68. The van der Waals surface area contributed by atoms with Gasteiger partial charge in [-0.15, -0.1) is 0 Å². The van der Waals surface area contributed by atoms with Crippen LogP contribution in [0.15, 0.2) is 0 Å². The van der Waals surface area contributed by atoms with Crippen molar-refractivity contribution >= 4 is 0 Å². The summed E-state index contributed by atoms with van der Waals surface area (Å²) in [5.74, 6) is 0. The first-order chi connectivity index (χ1) is 10.8. The molecule has 3 nitrogen and oxygen atoms in total. The fourth-order valence-corrected chi connectivity index (χ4v) is 2.70. The third kappa shape index (κ3) is 17.9. The van der Waals surface area contributed by atoms with Gasteiger partial charge < -0.3 is 16.2 Å². The molecule has 22 heavy (non-hydrogen) atoms. The van der Waals surface area contributed by atoms with Gasteiger partial charge in [-0.3, -0.25) is 0 Å². The zero-order valence-corrected chi connectivity index (χ0v) is 15.2. The predicted molar refractivity (Wildman–Crippen MR) is 98.2 cm³/mol. The Morgan fingerprint density at radius 3 is 1.50 bits per heavy atom. The minimum Gasteiger partial charge on any atom is -0.380 e. The average Bonchev–Trinajstić information content (AvgIpc) is 2.54. The average molecular weight is 315 g/mol. The number of nitrogens with two attached hydrogens (primary N) is 2. The van der Waals surface area contributed by atoms with Gasteiger partial charge in [-0.1, -0.05) is 90.4 Å². The van der Waals surface area contributed by atoms with Crippen LogP contribution < -0.4 is 11.5 Å². The maximum atomic E-state index is 5.68. The van der Waals surface area contributed by atoms with E-state index in [-0.39, 0.29) is 6.04 Å². The number of hydrogen-bond donors (Lipinski definition) is 2. The highest BCUT2D eigenvalue weighted by Gasteiger charge is 1.98. The minimum atomic E-state index is 0.00615. The minimum absolute atomic E-state index is 0.00615. The molecule has 0 radical (unpaired) electrons. The molecule has 0 amide bonds. The number of unbranched alkanes of at least 4 members (excludes halogenated alkanes) is 13. The predicted octanol–water partition coefficient (Wildman–Crippen LogP) is 4.77. The molecule has 0 rings (SSSR count). The normalized spacial score (nSPS) is 12.7. The third-order valence-corrected chi connectivity index (χ3v) is 4.28. The van der Waals surface area contributed by atoms with Crippen LogP contribution in [0.4, 0.5) is 0 Å². The van der Waals surface area contributed by atoms with Crippen molar-refractivity contribution in [3.63, 3.8) is 0 Å². The highest BCUT2D eigenvalue weighted by Crippen LogP contribution is 2.12. The smallest absolute Gasteiger partial charge is 0.0629 e. The summed E-state index contributed by atoms with van der Waals surface area (Å²) in [4.78, 5) is 0. The first-order valence-corrected chi connectivity index (χ1v) is 9.84. The molecule has 0 saturated heterocycles. The van der Waals surface area contributed by atoms with E-state index in [4.69, 9.17) is 16.2 Å². The molecule has 0 aromatic heterocycles. The summed E-state index contributed by atoms with van der Waals surface area (Å²) in [5.41, 5.74) is 11.1. The van der Waals surface area contributed by atoms with Crippen LogP contribution in [0.3, 0.4) is 0 Å². The topological polar surface area (TPSA) is 61.3 Å². The van der Waals surface area contributed by atoms with Gasteiger partial charge in [0.05, 0.1) is 6.61 Å². The second-order valence-corrected chi connectivity index (χ2v) is 6.67. The van der Waals surface area contributed by atoms with Gasteiger partial charge in [0.15, 0.2) is 0 Å². The van der Waals surface area contributed by atoms with Crippen LogP contribution in [0.25, 0.3) is 0 Å². The van der Waals surface area contributed by atoms with E-state index in [9.17, 15) is 0 Å². The SMILES string of the molecule is CCCCCCCCCCCCCCCCOCC(N)CN.